The van der Waals surface area contributed by atoms with Gasteiger partial charge in [0.2, 0.25) is 0 Å². The van der Waals surface area contributed by atoms with Crippen LogP contribution in [0.15, 0.2) is 109 Å². The number of carbonyl (C=O) groups excluding carboxylic acids is 4. The zero-order valence-corrected chi connectivity index (χ0v) is 64.6. The number of carbonyl (C=O) groups is 4. The number of phosphoric acid groups is 2. The fourth-order valence-electron chi connectivity index (χ4n) is 10.4. The molecule has 0 bridgehead atoms. The molecule has 0 rings (SSSR count). The molecule has 0 aliphatic rings. The Kier molecular flexibility index (Phi) is 69.9. The molecule has 576 valence electrons. The number of ether oxygens (including phenoxy) is 4. The van der Waals surface area contributed by atoms with Crippen molar-refractivity contribution in [1.29, 1.82) is 0 Å². The van der Waals surface area contributed by atoms with Crippen molar-refractivity contribution in [2.45, 2.75) is 341 Å². The second-order valence-corrected chi connectivity index (χ2v) is 28.8. The highest BCUT2D eigenvalue weighted by Gasteiger charge is 2.30. The Morgan fingerprint density at radius 1 is 0.290 bits per heavy atom. The van der Waals surface area contributed by atoms with Crippen LogP contribution in [0, 0.1) is 0 Å². The Balaban J connectivity index is 5.39. The molecule has 3 N–H and O–H groups in total. The summed E-state index contributed by atoms with van der Waals surface area (Å²) in [6, 6.07) is 0. The third kappa shape index (κ3) is 72.1. The van der Waals surface area contributed by atoms with Crippen molar-refractivity contribution in [3.63, 3.8) is 0 Å². The molecule has 17 nitrogen and oxygen atoms in total. The van der Waals surface area contributed by atoms with E-state index in [-0.39, 0.29) is 25.7 Å². The number of esters is 4. The van der Waals surface area contributed by atoms with Crippen molar-refractivity contribution in [2.75, 3.05) is 39.6 Å². The Labute approximate surface area is 607 Å². The second kappa shape index (κ2) is 73.0. The minimum Gasteiger partial charge on any atom is -0.462 e. The van der Waals surface area contributed by atoms with E-state index < -0.39 is 97.5 Å². The standard InChI is InChI=1S/C81H140O17P2/c1-5-9-13-17-21-25-29-32-35-37-40-43-47-50-54-58-62-66-79(84)92-72-77(98-81(86)68-64-60-56-52-48-44-41-38-36-33-30-26-22-18-14-10-6-2)74-96-100(89,90)94-70-75(82)69-93-99(87,88)95-73-76(97-80(85)67-63-59-55-51-45-28-24-20-16-12-8-4)71-91-78(83)65-61-57-53-49-46-42-39-34-31-27-23-19-15-11-7-3/h9-10,13-14,21-22,25-26,32-33,35-36,40-41,43-44,50,54,75-77,82H,5-8,11-12,15-20,23-24,27-31,34,37-39,42,45-49,51-53,55-74H2,1-4H3,(H,87,88)(H,89,90)/b13-9-,14-10-,25-21-,26-22-,35-32-,36-33-,43-40-,44-41-,54-50-. The molecular formula is C81H140O17P2. The summed E-state index contributed by atoms with van der Waals surface area (Å²) in [5.74, 6) is -2.25. The normalized spacial score (nSPS) is 14.5. The summed E-state index contributed by atoms with van der Waals surface area (Å²) in [7, 11) is -9.97. The van der Waals surface area contributed by atoms with Gasteiger partial charge in [-0.3, -0.25) is 37.3 Å². The Morgan fingerprint density at radius 2 is 0.530 bits per heavy atom. The van der Waals surface area contributed by atoms with Gasteiger partial charge in [0, 0.05) is 25.7 Å². The molecule has 0 amide bonds. The third-order valence-electron chi connectivity index (χ3n) is 16.3. The van der Waals surface area contributed by atoms with E-state index in [0.29, 0.717) is 32.1 Å². The number of rotatable bonds is 73. The minimum absolute atomic E-state index is 0.0535. The van der Waals surface area contributed by atoms with Gasteiger partial charge in [0.15, 0.2) is 12.2 Å². The first-order chi connectivity index (χ1) is 48.7. The van der Waals surface area contributed by atoms with Crippen LogP contribution in [0.5, 0.6) is 0 Å². The number of phosphoric ester groups is 2. The molecule has 0 aliphatic heterocycles. The van der Waals surface area contributed by atoms with E-state index in [0.717, 1.165) is 128 Å². The topological polar surface area (TPSA) is 237 Å². The van der Waals surface area contributed by atoms with Gasteiger partial charge in [0.25, 0.3) is 0 Å². The Hall–Kier alpha value is -4.28. The largest absolute Gasteiger partial charge is 0.472 e. The first kappa shape index (κ1) is 95.7. The highest BCUT2D eigenvalue weighted by Crippen LogP contribution is 2.45. The van der Waals surface area contributed by atoms with Crippen LogP contribution >= 0.6 is 15.6 Å². The van der Waals surface area contributed by atoms with E-state index in [1.807, 2.05) is 12.2 Å². The van der Waals surface area contributed by atoms with E-state index in [1.54, 1.807) is 0 Å². The summed E-state index contributed by atoms with van der Waals surface area (Å²) in [5.41, 5.74) is 0. The molecule has 0 fully saturated rings. The number of hydrogen-bond donors (Lipinski definition) is 3. The molecule has 19 heteroatoms. The number of allylic oxidation sites excluding steroid dienone is 18. The molecule has 0 heterocycles. The second-order valence-electron chi connectivity index (χ2n) is 25.9. The highest BCUT2D eigenvalue weighted by molar-refractivity contribution is 7.47. The van der Waals surface area contributed by atoms with E-state index in [1.165, 1.54) is 109 Å². The van der Waals surface area contributed by atoms with Gasteiger partial charge < -0.3 is 33.8 Å². The van der Waals surface area contributed by atoms with Crippen LogP contribution < -0.4 is 0 Å². The highest BCUT2D eigenvalue weighted by atomic mass is 31.2. The summed E-state index contributed by atoms with van der Waals surface area (Å²) in [6.45, 7) is 4.58. The molecule has 0 aromatic rings. The maximum atomic E-state index is 13.1. The lowest BCUT2D eigenvalue weighted by Gasteiger charge is -2.21. The summed E-state index contributed by atoms with van der Waals surface area (Å²) in [5, 5.41) is 10.6. The van der Waals surface area contributed by atoms with E-state index >= 15 is 0 Å². The molecular weight excluding hydrogens is 1310 g/mol. The fourth-order valence-corrected chi connectivity index (χ4v) is 11.9. The lowest BCUT2D eigenvalue weighted by atomic mass is 10.0. The van der Waals surface area contributed by atoms with Gasteiger partial charge >= 0.3 is 39.5 Å². The van der Waals surface area contributed by atoms with Crippen LogP contribution in [0.4, 0.5) is 0 Å². The number of aliphatic hydroxyl groups excluding tert-OH is 1. The predicted octanol–water partition coefficient (Wildman–Crippen LogP) is 22.6. The Bertz CT molecular complexity index is 2320. The summed E-state index contributed by atoms with van der Waals surface area (Å²) in [6.07, 6.45) is 78.0. The number of hydrogen-bond acceptors (Lipinski definition) is 15. The summed E-state index contributed by atoms with van der Waals surface area (Å²) < 4.78 is 68.5. The zero-order valence-electron chi connectivity index (χ0n) is 62.8. The number of aliphatic hydroxyl groups is 1. The van der Waals surface area contributed by atoms with Gasteiger partial charge in [-0.25, -0.2) is 9.13 Å². The van der Waals surface area contributed by atoms with Crippen molar-refractivity contribution in [3.05, 3.63) is 109 Å². The molecule has 0 aliphatic carbocycles. The molecule has 0 spiro atoms. The van der Waals surface area contributed by atoms with Crippen LogP contribution in [0.25, 0.3) is 0 Å². The van der Waals surface area contributed by atoms with Crippen molar-refractivity contribution in [2.24, 2.45) is 0 Å². The van der Waals surface area contributed by atoms with E-state index in [2.05, 4.69) is 125 Å². The first-order valence-corrected chi connectivity index (χ1v) is 42.1. The van der Waals surface area contributed by atoms with Gasteiger partial charge in [0.1, 0.15) is 19.3 Å². The van der Waals surface area contributed by atoms with E-state index in [9.17, 15) is 43.2 Å². The zero-order chi connectivity index (χ0) is 73.2. The smallest absolute Gasteiger partial charge is 0.462 e. The summed E-state index contributed by atoms with van der Waals surface area (Å²) >= 11 is 0. The molecule has 100 heavy (non-hydrogen) atoms. The minimum atomic E-state index is -4.99. The third-order valence-corrected chi connectivity index (χ3v) is 18.2. The van der Waals surface area contributed by atoms with Gasteiger partial charge in [-0.1, -0.05) is 304 Å². The molecule has 0 radical (unpaired) electrons. The average molecular weight is 1450 g/mol. The van der Waals surface area contributed by atoms with Crippen molar-refractivity contribution < 1.29 is 80.2 Å². The van der Waals surface area contributed by atoms with Crippen molar-refractivity contribution >= 4 is 39.5 Å². The lowest BCUT2D eigenvalue weighted by molar-refractivity contribution is -0.161. The monoisotopic (exact) mass is 1450 g/mol. The SMILES string of the molecule is CC/C=C\C/C=C\C/C=C\C/C=C\C/C=C\CCCC(=O)OCC(COP(=O)(O)OCC(O)COP(=O)(O)OCC(COC(=O)CCCCCCCCCCCCCCCCC)OC(=O)CCCCCCCCCCCCC)OC(=O)CCCCCC/C=C\C/C=C\C/C=C\C/C=C\CC. The molecule has 5 unspecified atom stereocenters. The number of unbranched alkanes of at least 4 members (excludes halogenated alkanes) is 29. The van der Waals surface area contributed by atoms with Crippen LogP contribution in [0.3, 0.4) is 0 Å². The maximum Gasteiger partial charge on any atom is 0.472 e. The maximum absolute atomic E-state index is 13.1. The molecule has 0 aromatic heterocycles. The van der Waals surface area contributed by atoms with Crippen molar-refractivity contribution in [3.8, 4) is 0 Å². The quantitative estimate of drug-likeness (QED) is 0.0169. The van der Waals surface area contributed by atoms with Crippen molar-refractivity contribution in [1.82, 2.24) is 0 Å². The Morgan fingerprint density at radius 3 is 0.840 bits per heavy atom. The first-order valence-electron chi connectivity index (χ1n) is 39.1. The predicted molar refractivity (Wildman–Crippen MR) is 408 cm³/mol. The van der Waals surface area contributed by atoms with Crippen LogP contribution in [0.1, 0.15) is 323 Å². The van der Waals surface area contributed by atoms with Crippen LogP contribution in [-0.2, 0) is 65.4 Å². The van der Waals surface area contributed by atoms with Gasteiger partial charge in [-0.2, -0.15) is 0 Å². The van der Waals surface area contributed by atoms with Gasteiger partial charge in [-0.15, -0.1) is 0 Å². The van der Waals surface area contributed by atoms with Gasteiger partial charge in [-0.05, 0) is 103 Å². The van der Waals surface area contributed by atoms with Crippen LogP contribution in [0.2, 0.25) is 0 Å². The van der Waals surface area contributed by atoms with Crippen LogP contribution in [-0.4, -0.2) is 96.7 Å². The molecule has 0 aromatic carbocycles. The molecule has 0 saturated heterocycles. The molecule has 5 atom stereocenters. The summed E-state index contributed by atoms with van der Waals surface area (Å²) in [4.78, 5) is 72.9. The lowest BCUT2D eigenvalue weighted by Crippen LogP contribution is -2.30. The molecule has 0 saturated carbocycles. The van der Waals surface area contributed by atoms with E-state index in [4.69, 9.17) is 37.0 Å². The van der Waals surface area contributed by atoms with Gasteiger partial charge in [0.05, 0.1) is 26.4 Å². The average Bonchev–Trinajstić information content (AvgIpc) is 1.00. The fraction of sp³-hybridized carbons (Fsp3) is 0.728.